The second-order valence-corrected chi connectivity index (χ2v) is 5.00. The Hall–Kier alpha value is -1.68. The molecule has 106 valence electrons. The van der Waals surface area contributed by atoms with Crippen molar-refractivity contribution < 1.29 is 13.2 Å². The topological polar surface area (TPSA) is 12.0 Å². The molecule has 0 aliphatic rings. The fourth-order valence-corrected chi connectivity index (χ4v) is 2.00. The van der Waals surface area contributed by atoms with Crippen LogP contribution in [0.4, 0.5) is 18.9 Å². The molecule has 1 N–H and O–H groups in total. The Bertz CT molecular complexity index is 591. The standard InChI is InChI=1S/C15H13ClF3N/c1-10-2-4-11(5-3-10)9-20-14-7-12(15(17,18)19)6-13(16)8-14/h2-8,20H,9H2,1H3. The van der Waals surface area contributed by atoms with Crippen molar-refractivity contribution in [2.45, 2.75) is 19.6 Å². The van der Waals surface area contributed by atoms with Gasteiger partial charge in [0.25, 0.3) is 0 Å². The van der Waals surface area contributed by atoms with Gasteiger partial charge in [0.1, 0.15) is 0 Å². The molecule has 0 amide bonds. The minimum atomic E-state index is -4.40. The van der Waals surface area contributed by atoms with Gasteiger partial charge in [0.05, 0.1) is 5.56 Å². The van der Waals surface area contributed by atoms with Gasteiger partial charge in [-0.15, -0.1) is 0 Å². The van der Waals surface area contributed by atoms with Crippen molar-refractivity contribution in [2.75, 3.05) is 5.32 Å². The Morgan fingerprint density at radius 3 is 2.30 bits per heavy atom. The van der Waals surface area contributed by atoms with Crippen LogP contribution in [0.25, 0.3) is 0 Å². The van der Waals surface area contributed by atoms with E-state index >= 15 is 0 Å². The van der Waals surface area contributed by atoms with Gasteiger partial charge in [0.2, 0.25) is 0 Å². The van der Waals surface area contributed by atoms with Crippen molar-refractivity contribution in [1.82, 2.24) is 0 Å². The molecule has 20 heavy (non-hydrogen) atoms. The molecule has 0 saturated carbocycles. The molecular weight excluding hydrogens is 287 g/mol. The quantitative estimate of drug-likeness (QED) is 0.813. The third-order valence-electron chi connectivity index (χ3n) is 2.84. The first-order valence-electron chi connectivity index (χ1n) is 6.02. The number of hydrogen-bond acceptors (Lipinski definition) is 1. The van der Waals surface area contributed by atoms with E-state index in [1.165, 1.54) is 6.07 Å². The Balaban J connectivity index is 2.13. The van der Waals surface area contributed by atoms with Crippen LogP contribution in [0.5, 0.6) is 0 Å². The lowest BCUT2D eigenvalue weighted by Crippen LogP contribution is -2.06. The van der Waals surface area contributed by atoms with E-state index in [-0.39, 0.29) is 5.02 Å². The van der Waals surface area contributed by atoms with Gasteiger partial charge in [-0.05, 0) is 30.7 Å². The average molecular weight is 300 g/mol. The second-order valence-electron chi connectivity index (χ2n) is 4.57. The molecule has 0 bridgehead atoms. The van der Waals surface area contributed by atoms with Crippen LogP contribution in [0, 0.1) is 6.92 Å². The van der Waals surface area contributed by atoms with Gasteiger partial charge in [0, 0.05) is 17.3 Å². The number of benzene rings is 2. The highest BCUT2D eigenvalue weighted by molar-refractivity contribution is 6.30. The summed E-state index contributed by atoms with van der Waals surface area (Å²) in [7, 11) is 0. The number of nitrogens with one attached hydrogen (secondary N) is 1. The second kappa shape index (κ2) is 5.75. The highest BCUT2D eigenvalue weighted by atomic mass is 35.5. The molecule has 0 aromatic heterocycles. The lowest BCUT2D eigenvalue weighted by Gasteiger charge is -2.12. The number of rotatable bonds is 3. The summed E-state index contributed by atoms with van der Waals surface area (Å²) < 4.78 is 38.0. The fraction of sp³-hybridized carbons (Fsp3) is 0.200. The predicted octanol–water partition coefficient (Wildman–Crippen LogP) is 5.28. The van der Waals surface area contributed by atoms with Crippen LogP contribution in [-0.2, 0) is 12.7 Å². The summed E-state index contributed by atoms with van der Waals surface area (Å²) in [4.78, 5) is 0. The van der Waals surface area contributed by atoms with Crippen LogP contribution >= 0.6 is 11.6 Å². The molecule has 0 fully saturated rings. The lowest BCUT2D eigenvalue weighted by molar-refractivity contribution is -0.137. The number of halogens is 4. The summed E-state index contributed by atoms with van der Waals surface area (Å²) >= 11 is 5.72. The van der Waals surface area contributed by atoms with E-state index in [0.717, 1.165) is 23.3 Å². The minimum Gasteiger partial charge on any atom is -0.381 e. The van der Waals surface area contributed by atoms with Gasteiger partial charge in [0.15, 0.2) is 0 Å². The zero-order valence-corrected chi connectivity index (χ0v) is 11.5. The summed E-state index contributed by atoms with van der Waals surface area (Å²) in [6.07, 6.45) is -4.40. The molecule has 1 nitrogen and oxygen atoms in total. The van der Waals surface area contributed by atoms with E-state index < -0.39 is 11.7 Å². The smallest absolute Gasteiger partial charge is 0.381 e. The van der Waals surface area contributed by atoms with E-state index in [1.807, 2.05) is 31.2 Å². The van der Waals surface area contributed by atoms with Gasteiger partial charge in [-0.25, -0.2) is 0 Å². The van der Waals surface area contributed by atoms with E-state index in [9.17, 15) is 13.2 Å². The van der Waals surface area contributed by atoms with Gasteiger partial charge in [-0.2, -0.15) is 13.2 Å². The van der Waals surface area contributed by atoms with Gasteiger partial charge >= 0.3 is 6.18 Å². The van der Waals surface area contributed by atoms with E-state index in [2.05, 4.69) is 5.32 Å². The zero-order chi connectivity index (χ0) is 14.8. The molecule has 5 heteroatoms. The molecule has 2 aromatic carbocycles. The number of aryl methyl sites for hydroxylation is 1. The number of hydrogen-bond donors (Lipinski definition) is 1. The Morgan fingerprint density at radius 2 is 1.70 bits per heavy atom. The Kier molecular flexibility index (Phi) is 4.23. The molecule has 0 radical (unpaired) electrons. The lowest BCUT2D eigenvalue weighted by atomic mass is 10.1. The maximum atomic E-state index is 12.7. The predicted molar refractivity (Wildman–Crippen MR) is 75.0 cm³/mol. The molecule has 2 rings (SSSR count). The maximum absolute atomic E-state index is 12.7. The molecule has 0 atom stereocenters. The molecule has 0 aliphatic heterocycles. The number of alkyl halides is 3. The van der Waals surface area contributed by atoms with Gasteiger partial charge in [-0.1, -0.05) is 41.4 Å². The first-order chi connectivity index (χ1) is 9.34. The highest BCUT2D eigenvalue weighted by Gasteiger charge is 2.31. The van der Waals surface area contributed by atoms with Gasteiger partial charge in [-0.3, -0.25) is 0 Å². The first kappa shape index (κ1) is 14.7. The summed E-state index contributed by atoms with van der Waals surface area (Å²) in [5, 5.41) is 3.01. The third kappa shape index (κ3) is 3.90. The summed E-state index contributed by atoms with van der Waals surface area (Å²) in [5.41, 5.74) is 1.72. The van der Waals surface area contributed by atoms with Crippen LogP contribution in [0.3, 0.4) is 0 Å². The van der Waals surface area contributed by atoms with Crippen molar-refractivity contribution in [2.24, 2.45) is 0 Å². The van der Waals surface area contributed by atoms with E-state index in [1.54, 1.807) is 0 Å². The molecule has 0 spiro atoms. The van der Waals surface area contributed by atoms with Crippen LogP contribution in [0.2, 0.25) is 5.02 Å². The van der Waals surface area contributed by atoms with Crippen molar-refractivity contribution in [3.05, 3.63) is 64.2 Å². The van der Waals surface area contributed by atoms with Crippen molar-refractivity contribution in [1.29, 1.82) is 0 Å². The Labute approximate surface area is 120 Å². The zero-order valence-electron chi connectivity index (χ0n) is 10.8. The summed E-state index contributed by atoms with van der Waals surface area (Å²) in [6.45, 7) is 2.42. The monoisotopic (exact) mass is 299 g/mol. The first-order valence-corrected chi connectivity index (χ1v) is 6.39. The minimum absolute atomic E-state index is 0.0613. The molecule has 0 aliphatic carbocycles. The van der Waals surface area contributed by atoms with Crippen molar-refractivity contribution in [3.8, 4) is 0 Å². The SMILES string of the molecule is Cc1ccc(CNc2cc(Cl)cc(C(F)(F)F)c2)cc1. The normalized spacial score (nSPS) is 11.4. The molecule has 0 saturated heterocycles. The van der Waals surface area contributed by atoms with Gasteiger partial charge < -0.3 is 5.32 Å². The van der Waals surface area contributed by atoms with Crippen LogP contribution in [-0.4, -0.2) is 0 Å². The van der Waals surface area contributed by atoms with E-state index in [4.69, 9.17) is 11.6 Å². The largest absolute Gasteiger partial charge is 0.416 e. The van der Waals surface area contributed by atoms with Crippen LogP contribution < -0.4 is 5.32 Å². The Morgan fingerprint density at radius 1 is 1.05 bits per heavy atom. The highest BCUT2D eigenvalue weighted by Crippen LogP contribution is 2.33. The summed E-state index contributed by atoms with van der Waals surface area (Å²) in [6, 6.07) is 11.2. The maximum Gasteiger partial charge on any atom is 0.416 e. The molecule has 0 unspecified atom stereocenters. The molecular formula is C15H13ClF3N. The fourth-order valence-electron chi connectivity index (χ4n) is 1.77. The van der Waals surface area contributed by atoms with Crippen molar-refractivity contribution >= 4 is 17.3 Å². The van der Waals surface area contributed by atoms with Crippen LogP contribution in [0.1, 0.15) is 16.7 Å². The van der Waals surface area contributed by atoms with E-state index in [0.29, 0.717) is 12.2 Å². The van der Waals surface area contributed by atoms with Crippen molar-refractivity contribution in [3.63, 3.8) is 0 Å². The molecule has 2 aromatic rings. The average Bonchev–Trinajstić information content (AvgIpc) is 2.36. The number of anilines is 1. The molecule has 0 heterocycles. The third-order valence-corrected chi connectivity index (χ3v) is 3.06. The van der Waals surface area contributed by atoms with Crippen LogP contribution in [0.15, 0.2) is 42.5 Å². The summed E-state index contributed by atoms with van der Waals surface area (Å²) in [5.74, 6) is 0.